The lowest BCUT2D eigenvalue weighted by atomic mass is 10.2. The third-order valence-corrected chi connectivity index (χ3v) is 5.93. The molecule has 0 bridgehead atoms. The van der Waals surface area contributed by atoms with Gasteiger partial charge in [-0.3, -0.25) is 14.7 Å². The van der Waals surface area contributed by atoms with Crippen LogP contribution in [0.25, 0.3) is 17.3 Å². The molecular formula is C19H18N6O2S2. The first-order valence-corrected chi connectivity index (χ1v) is 10.8. The first-order valence-electron chi connectivity index (χ1n) is 8.95. The molecule has 10 heteroatoms. The number of nitrogens with one attached hydrogen (secondary N) is 1. The van der Waals surface area contributed by atoms with Crippen molar-refractivity contribution in [1.29, 1.82) is 0 Å². The van der Waals surface area contributed by atoms with E-state index in [4.69, 9.17) is 4.42 Å². The normalized spacial score (nSPS) is 11.0. The maximum Gasteiger partial charge on any atom is 0.236 e. The van der Waals surface area contributed by atoms with Crippen molar-refractivity contribution in [1.82, 2.24) is 25.0 Å². The molecule has 4 aromatic rings. The highest BCUT2D eigenvalue weighted by atomic mass is 32.2. The molecule has 0 aliphatic heterocycles. The summed E-state index contributed by atoms with van der Waals surface area (Å²) in [6, 6.07) is 11.6. The molecule has 0 atom stereocenters. The molecule has 1 N–H and O–H groups in total. The number of thioether (sulfide) groups is 1. The fraction of sp³-hybridized carbons (Fsp3) is 0.211. The van der Waals surface area contributed by atoms with Gasteiger partial charge in [-0.2, -0.15) is 0 Å². The second-order valence-electron chi connectivity index (χ2n) is 6.15. The third kappa shape index (κ3) is 4.38. The van der Waals surface area contributed by atoms with Crippen molar-refractivity contribution in [3.8, 4) is 17.3 Å². The van der Waals surface area contributed by atoms with E-state index in [1.807, 2.05) is 48.7 Å². The fourth-order valence-electron chi connectivity index (χ4n) is 2.59. The lowest BCUT2D eigenvalue weighted by Gasteiger charge is -2.09. The molecule has 0 radical (unpaired) electrons. The van der Waals surface area contributed by atoms with Gasteiger partial charge in [0.2, 0.25) is 16.9 Å². The summed E-state index contributed by atoms with van der Waals surface area (Å²) < 4.78 is 7.40. The molecule has 3 heterocycles. The number of amides is 1. The van der Waals surface area contributed by atoms with Gasteiger partial charge in [0.25, 0.3) is 0 Å². The Labute approximate surface area is 175 Å². The Kier molecular flexibility index (Phi) is 5.72. The number of furan rings is 1. The smallest absolute Gasteiger partial charge is 0.236 e. The molecule has 8 nitrogen and oxygen atoms in total. The Hall–Kier alpha value is -2.98. The number of rotatable bonds is 7. The predicted molar refractivity (Wildman–Crippen MR) is 112 cm³/mol. The van der Waals surface area contributed by atoms with Gasteiger partial charge >= 0.3 is 0 Å². The van der Waals surface area contributed by atoms with E-state index in [1.165, 1.54) is 23.1 Å². The van der Waals surface area contributed by atoms with Crippen LogP contribution in [0.4, 0.5) is 5.13 Å². The van der Waals surface area contributed by atoms with Gasteiger partial charge in [-0.15, -0.1) is 20.4 Å². The minimum atomic E-state index is -0.174. The molecule has 0 aliphatic carbocycles. The summed E-state index contributed by atoms with van der Waals surface area (Å²) in [6.45, 7) is 4.03. The SMILES string of the molecule is CCc1nnc(NC(=O)CSc2nnc(-c3ccco3)n2-c2ccc(C)cc2)s1. The van der Waals surface area contributed by atoms with Gasteiger partial charge in [-0.25, -0.2) is 0 Å². The zero-order valence-electron chi connectivity index (χ0n) is 15.8. The van der Waals surface area contributed by atoms with Crippen molar-refractivity contribution in [2.75, 3.05) is 11.1 Å². The Morgan fingerprint density at radius 2 is 2.00 bits per heavy atom. The molecule has 148 valence electrons. The summed E-state index contributed by atoms with van der Waals surface area (Å²) in [4.78, 5) is 12.3. The van der Waals surface area contributed by atoms with Crippen molar-refractivity contribution in [3.05, 3.63) is 53.2 Å². The number of aromatic nitrogens is 5. The topological polar surface area (TPSA) is 98.7 Å². The van der Waals surface area contributed by atoms with Crippen LogP contribution in [0.3, 0.4) is 0 Å². The van der Waals surface area contributed by atoms with Gasteiger partial charge < -0.3 is 4.42 Å². The van der Waals surface area contributed by atoms with E-state index >= 15 is 0 Å². The van der Waals surface area contributed by atoms with Gasteiger partial charge in [0.1, 0.15) is 5.01 Å². The van der Waals surface area contributed by atoms with E-state index in [2.05, 4.69) is 25.7 Å². The molecule has 0 unspecified atom stereocenters. The van der Waals surface area contributed by atoms with Crippen LogP contribution in [0.1, 0.15) is 17.5 Å². The standard InChI is InChI=1S/C19H18N6O2S2/c1-3-16-21-23-18(29-16)20-15(26)11-28-19-24-22-17(14-5-4-10-27-14)25(19)13-8-6-12(2)7-9-13/h4-10H,3,11H2,1-2H3,(H,20,23,26). The van der Waals surface area contributed by atoms with Crippen LogP contribution in [0.2, 0.25) is 0 Å². The van der Waals surface area contributed by atoms with Crippen molar-refractivity contribution < 1.29 is 9.21 Å². The molecule has 0 saturated heterocycles. The van der Waals surface area contributed by atoms with Crippen molar-refractivity contribution >= 4 is 34.1 Å². The number of nitrogens with zero attached hydrogens (tertiary/aromatic N) is 5. The van der Waals surface area contributed by atoms with Crippen LogP contribution >= 0.6 is 23.1 Å². The van der Waals surface area contributed by atoms with Crippen LogP contribution in [0.15, 0.2) is 52.2 Å². The Balaban J connectivity index is 1.55. The maximum atomic E-state index is 12.3. The van der Waals surface area contributed by atoms with E-state index in [0.717, 1.165) is 22.7 Å². The zero-order chi connectivity index (χ0) is 20.2. The zero-order valence-corrected chi connectivity index (χ0v) is 17.5. The summed E-state index contributed by atoms with van der Waals surface area (Å²) in [6.07, 6.45) is 2.38. The molecule has 0 aliphatic rings. The summed E-state index contributed by atoms with van der Waals surface area (Å²) in [7, 11) is 0. The van der Waals surface area contributed by atoms with E-state index in [9.17, 15) is 4.79 Å². The molecule has 0 saturated carbocycles. The highest BCUT2D eigenvalue weighted by Crippen LogP contribution is 2.28. The molecule has 1 amide bonds. The molecule has 0 fully saturated rings. The lowest BCUT2D eigenvalue weighted by molar-refractivity contribution is -0.113. The van der Waals surface area contributed by atoms with E-state index in [1.54, 1.807) is 12.3 Å². The van der Waals surface area contributed by atoms with Gasteiger partial charge in [0.15, 0.2) is 10.9 Å². The van der Waals surface area contributed by atoms with Crippen molar-refractivity contribution in [3.63, 3.8) is 0 Å². The second-order valence-corrected chi connectivity index (χ2v) is 8.15. The number of carbonyl (C=O) groups excluding carboxylic acids is 1. The second kappa shape index (κ2) is 8.58. The summed E-state index contributed by atoms with van der Waals surface area (Å²) in [5.41, 5.74) is 2.05. The number of hydrogen-bond acceptors (Lipinski definition) is 8. The predicted octanol–water partition coefficient (Wildman–Crippen LogP) is 3.98. The molecule has 4 rings (SSSR count). The summed E-state index contributed by atoms with van der Waals surface area (Å²) in [5, 5.41) is 21.3. The van der Waals surface area contributed by atoms with Crippen molar-refractivity contribution in [2.24, 2.45) is 0 Å². The number of carbonyl (C=O) groups is 1. The van der Waals surface area contributed by atoms with Gasteiger partial charge in [0.05, 0.1) is 12.0 Å². The molecule has 29 heavy (non-hydrogen) atoms. The first kappa shape index (κ1) is 19.3. The minimum Gasteiger partial charge on any atom is -0.461 e. The Morgan fingerprint density at radius 3 is 2.69 bits per heavy atom. The summed E-state index contributed by atoms with van der Waals surface area (Å²) in [5.74, 6) is 1.18. The largest absolute Gasteiger partial charge is 0.461 e. The fourth-order valence-corrected chi connectivity index (χ4v) is 4.04. The third-order valence-electron chi connectivity index (χ3n) is 4.02. The maximum absolute atomic E-state index is 12.3. The summed E-state index contributed by atoms with van der Waals surface area (Å²) >= 11 is 2.67. The average Bonchev–Trinajstić information content (AvgIpc) is 3.47. The van der Waals surface area contributed by atoms with E-state index in [-0.39, 0.29) is 11.7 Å². The van der Waals surface area contributed by atoms with Gasteiger partial charge in [-0.05, 0) is 37.6 Å². The van der Waals surface area contributed by atoms with Crippen LogP contribution in [-0.4, -0.2) is 36.6 Å². The molecule has 0 spiro atoms. The Bertz CT molecular complexity index is 1100. The Morgan fingerprint density at radius 1 is 1.17 bits per heavy atom. The van der Waals surface area contributed by atoms with E-state index < -0.39 is 0 Å². The molecular weight excluding hydrogens is 408 g/mol. The molecule has 1 aromatic carbocycles. The highest BCUT2D eigenvalue weighted by molar-refractivity contribution is 7.99. The van der Waals surface area contributed by atoms with Crippen LogP contribution in [0, 0.1) is 6.92 Å². The average molecular weight is 427 g/mol. The van der Waals surface area contributed by atoms with E-state index in [0.29, 0.717) is 21.9 Å². The number of hydrogen-bond donors (Lipinski definition) is 1. The quantitative estimate of drug-likeness (QED) is 0.446. The highest BCUT2D eigenvalue weighted by Gasteiger charge is 2.19. The number of anilines is 1. The van der Waals surface area contributed by atoms with Crippen LogP contribution in [-0.2, 0) is 11.2 Å². The van der Waals surface area contributed by atoms with Gasteiger partial charge in [0, 0.05) is 5.69 Å². The van der Waals surface area contributed by atoms with Crippen LogP contribution in [0.5, 0.6) is 0 Å². The minimum absolute atomic E-state index is 0.170. The van der Waals surface area contributed by atoms with Gasteiger partial charge in [-0.1, -0.05) is 47.7 Å². The number of benzene rings is 1. The first-order chi connectivity index (χ1) is 14.1. The number of aryl methyl sites for hydroxylation is 2. The van der Waals surface area contributed by atoms with Crippen LogP contribution < -0.4 is 5.32 Å². The lowest BCUT2D eigenvalue weighted by Crippen LogP contribution is -2.14. The van der Waals surface area contributed by atoms with Crippen molar-refractivity contribution in [2.45, 2.75) is 25.4 Å². The molecule has 3 aromatic heterocycles. The monoisotopic (exact) mass is 426 g/mol.